The van der Waals surface area contributed by atoms with Gasteiger partial charge in [-0.05, 0) is 19.3 Å². The van der Waals surface area contributed by atoms with E-state index < -0.39 is 0 Å². The summed E-state index contributed by atoms with van der Waals surface area (Å²) in [6.07, 6.45) is 6.50. The maximum atomic E-state index is 12.5. The van der Waals surface area contributed by atoms with E-state index in [-0.39, 0.29) is 6.03 Å². The third-order valence-electron chi connectivity index (χ3n) is 3.18. The standard InChI is InChI=1S/C17H35N3OS/c1-6-9-12-18-16(22-15(4)5)19-17(21)20(13-10-7-2)14-11-8-3/h15H,6-14H2,1-5H3,(H,18,19,21). The van der Waals surface area contributed by atoms with Crippen LogP contribution in [0.15, 0.2) is 4.99 Å². The van der Waals surface area contributed by atoms with Crippen LogP contribution < -0.4 is 5.32 Å². The van der Waals surface area contributed by atoms with Crippen LogP contribution in [0.3, 0.4) is 0 Å². The summed E-state index contributed by atoms with van der Waals surface area (Å²) >= 11 is 1.63. The maximum absolute atomic E-state index is 12.5. The first kappa shape index (κ1) is 21.3. The van der Waals surface area contributed by atoms with Gasteiger partial charge in [0.2, 0.25) is 0 Å². The zero-order chi connectivity index (χ0) is 16.8. The first-order chi connectivity index (χ1) is 10.5. The molecule has 0 fully saturated rings. The normalized spacial score (nSPS) is 11.8. The molecular formula is C17H35N3OS. The summed E-state index contributed by atoms with van der Waals surface area (Å²) in [6, 6.07) is 0.00491. The van der Waals surface area contributed by atoms with Crippen molar-refractivity contribution < 1.29 is 4.79 Å². The van der Waals surface area contributed by atoms with E-state index in [0.29, 0.717) is 5.25 Å². The van der Waals surface area contributed by atoms with Crippen molar-refractivity contribution in [3.05, 3.63) is 0 Å². The lowest BCUT2D eigenvalue weighted by molar-refractivity contribution is 0.201. The largest absolute Gasteiger partial charge is 0.324 e. The number of rotatable bonds is 10. The van der Waals surface area contributed by atoms with E-state index in [1.165, 1.54) is 0 Å². The molecule has 0 rings (SSSR count). The second-order valence-electron chi connectivity index (χ2n) is 5.83. The van der Waals surface area contributed by atoms with Gasteiger partial charge in [0.1, 0.15) is 0 Å². The molecular weight excluding hydrogens is 294 g/mol. The molecule has 0 spiro atoms. The Morgan fingerprint density at radius 2 is 1.59 bits per heavy atom. The lowest BCUT2D eigenvalue weighted by Gasteiger charge is -2.23. The van der Waals surface area contributed by atoms with Crippen molar-refractivity contribution in [1.29, 1.82) is 0 Å². The maximum Gasteiger partial charge on any atom is 0.323 e. The fourth-order valence-electron chi connectivity index (χ4n) is 1.85. The molecule has 0 aromatic heterocycles. The quantitative estimate of drug-likeness (QED) is 0.352. The average Bonchev–Trinajstić information content (AvgIpc) is 2.46. The summed E-state index contributed by atoms with van der Waals surface area (Å²) in [5.41, 5.74) is 0. The number of aliphatic imine (C=N–C) groups is 1. The number of amides is 2. The van der Waals surface area contributed by atoms with E-state index in [1.807, 2.05) is 4.90 Å². The van der Waals surface area contributed by atoms with Crippen LogP contribution in [0.1, 0.15) is 73.1 Å². The molecule has 0 bridgehead atoms. The van der Waals surface area contributed by atoms with Crippen LogP contribution in [0.2, 0.25) is 0 Å². The highest BCUT2D eigenvalue weighted by Crippen LogP contribution is 2.11. The van der Waals surface area contributed by atoms with Crippen molar-refractivity contribution in [1.82, 2.24) is 10.2 Å². The molecule has 0 aromatic rings. The third kappa shape index (κ3) is 10.9. The fraction of sp³-hybridized carbons (Fsp3) is 0.882. The van der Waals surface area contributed by atoms with Gasteiger partial charge in [0.15, 0.2) is 5.17 Å². The molecule has 0 radical (unpaired) electrons. The van der Waals surface area contributed by atoms with Crippen LogP contribution >= 0.6 is 11.8 Å². The summed E-state index contributed by atoms with van der Waals surface area (Å²) in [4.78, 5) is 19.0. The summed E-state index contributed by atoms with van der Waals surface area (Å²) in [6.45, 7) is 13.2. The molecule has 4 nitrogen and oxygen atoms in total. The molecule has 22 heavy (non-hydrogen) atoms. The van der Waals surface area contributed by atoms with Crippen molar-refractivity contribution in [3.8, 4) is 0 Å². The van der Waals surface area contributed by atoms with Crippen LogP contribution in [0.4, 0.5) is 4.79 Å². The Bertz CT molecular complexity index is 311. The number of carbonyl (C=O) groups is 1. The Morgan fingerprint density at radius 1 is 1.05 bits per heavy atom. The highest BCUT2D eigenvalue weighted by Gasteiger charge is 2.15. The van der Waals surface area contributed by atoms with E-state index in [0.717, 1.165) is 63.3 Å². The SMILES string of the molecule is CCCCN=C(NC(=O)N(CCCC)CCCC)SC(C)C. The zero-order valence-corrected chi connectivity index (χ0v) is 16.0. The number of thioether (sulfide) groups is 1. The van der Waals surface area contributed by atoms with Crippen molar-refractivity contribution in [2.75, 3.05) is 19.6 Å². The van der Waals surface area contributed by atoms with E-state index in [4.69, 9.17) is 0 Å². The summed E-state index contributed by atoms with van der Waals surface area (Å²) in [7, 11) is 0. The molecule has 0 saturated heterocycles. The van der Waals surface area contributed by atoms with Gasteiger partial charge in [0.25, 0.3) is 0 Å². The summed E-state index contributed by atoms with van der Waals surface area (Å²) < 4.78 is 0. The smallest absolute Gasteiger partial charge is 0.323 e. The topological polar surface area (TPSA) is 44.7 Å². The molecule has 0 unspecified atom stereocenters. The van der Waals surface area contributed by atoms with Crippen LogP contribution in [-0.2, 0) is 0 Å². The van der Waals surface area contributed by atoms with Gasteiger partial charge in [-0.3, -0.25) is 10.3 Å². The molecule has 0 heterocycles. The minimum absolute atomic E-state index is 0.00491. The van der Waals surface area contributed by atoms with Crippen molar-refractivity contribution >= 4 is 23.0 Å². The van der Waals surface area contributed by atoms with Crippen LogP contribution in [-0.4, -0.2) is 41.0 Å². The number of nitrogens with one attached hydrogen (secondary N) is 1. The lowest BCUT2D eigenvalue weighted by atomic mass is 10.3. The Kier molecular flexibility index (Phi) is 13.5. The molecule has 2 amide bonds. The second-order valence-corrected chi connectivity index (χ2v) is 7.40. The van der Waals surface area contributed by atoms with Crippen molar-refractivity contribution in [2.24, 2.45) is 4.99 Å². The number of nitrogens with zero attached hydrogens (tertiary/aromatic N) is 2. The highest BCUT2D eigenvalue weighted by atomic mass is 32.2. The van der Waals surface area contributed by atoms with Crippen LogP contribution in [0.5, 0.6) is 0 Å². The number of urea groups is 1. The third-order valence-corrected chi connectivity index (χ3v) is 4.10. The number of unbranched alkanes of at least 4 members (excludes halogenated alkanes) is 3. The first-order valence-electron chi connectivity index (χ1n) is 8.82. The highest BCUT2D eigenvalue weighted by molar-refractivity contribution is 8.14. The van der Waals surface area contributed by atoms with Gasteiger partial charge in [-0.25, -0.2) is 4.79 Å². The summed E-state index contributed by atoms with van der Waals surface area (Å²) in [5, 5.41) is 4.21. The molecule has 0 saturated carbocycles. The van der Waals surface area contributed by atoms with Gasteiger partial charge >= 0.3 is 6.03 Å². The number of carbonyl (C=O) groups excluding carboxylic acids is 1. The van der Waals surface area contributed by atoms with Crippen molar-refractivity contribution in [2.45, 2.75) is 78.4 Å². The fourth-order valence-corrected chi connectivity index (χ4v) is 2.61. The molecule has 0 aromatic carbocycles. The van der Waals surface area contributed by atoms with E-state index in [9.17, 15) is 4.79 Å². The monoisotopic (exact) mass is 329 g/mol. The minimum atomic E-state index is 0.00491. The second kappa shape index (κ2) is 13.9. The van der Waals surface area contributed by atoms with Crippen LogP contribution in [0.25, 0.3) is 0 Å². The van der Waals surface area contributed by atoms with Gasteiger partial charge in [-0.15, -0.1) is 0 Å². The minimum Gasteiger partial charge on any atom is -0.324 e. The van der Waals surface area contributed by atoms with Gasteiger partial charge in [-0.1, -0.05) is 65.6 Å². The molecule has 130 valence electrons. The lowest BCUT2D eigenvalue weighted by Crippen LogP contribution is -2.43. The Balaban J connectivity index is 4.66. The van der Waals surface area contributed by atoms with Gasteiger partial charge < -0.3 is 4.90 Å². The molecule has 5 heteroatoms. The van der Waals surface area contributed by atoms with E-state index in [1.54, 1.807) is 11.8 Å². The first-order valence-corrected chi connectivity index (χ1v) is 9.70. The van der Waals surface area contributed by atoms with Gasteiger partial charge in [0.05, 0.1) is 0 Å². The Hall–Kier alpha value is -0.710. The Morgan fingerprint density at radius 3 is 2.05 bits per heavy atom. The number of amidine groups is 1. The molecule has 0 aliphatic heterocycles. The zero-order valence-electron chi connectivity index (χ0n) is 15.2. The van der Waals surface area contributed by atoms with Crippen molar-refractivity contribution in [3.63, 3.8) is 0 Å². The molecule has 0 atom stereocenters. The molecule has 0 aliphatic rings. The Labute approximate surface area is 141 Å². The summed E-state index contributed by atoms with van der Waals surface area (Å²) in [5.74, 6) is 0. The number of hydrogen-bond acceptors (Lipinski definition) is 3. The van der Waals surface area contributed by atoms with E-state index in [2.05, 4.69) is 44.9 Å². The average molecular weight is 330 g/mol. The number of hydrogen-bond donors (Lipinski definition) is 1. The van der Waals surface area contributed by atoms with E-state index >= 15 is 0 Å². The predicted octanol–water partition coefficient (Wildman–Crippen LogP) is 4.90. The molecule has 1 N–H and O–H groups in total. The molecule has 0 aliphatic carbocycles. The predicted molar refractivity (Wildman–Crippen MR) is 99.9 cm³/mol. The van der Waals surface area contributed by atoms with Crippen LogP contribution in [0, 0.1) is 0 Å². The van der Waals surface area contributed by atoms with Gasteiger partial charge in [-0.2, -0.15) is 0 Å². The van der Waals surface area contributed by atoms with Gasteiger partial charge in [0, 0.05) is 24.9 Å².